The number of hydrogen-bond donors (Lipinski definition) is 1. The van der Waals surface area contributed by atoms with Crippen molar-refractivity contribution in [2.75, 3.05) is 23.7 Å². The molecule has 0 saturated heterocycles. The third-order valence-electron chi connectivity index (χ3n) is 4.53. The Morgan fingerprint density at radius 3 is 2.50 bits per heavy atom. The number of carbonyl (C=O) groups excluding carboxylic acids is 1. The smallest absolute Gasteiger partial charge is 0.243 e. The molecule has 0 bridgehead atoms. The molecule has 0 aliphatic carbocycles. The molecule has 1 atom stereocenters. The van der Waals surface area contributed by atoms with E-state index >= 15 is 0 Å². The lowest BCUT2D eigenvalue weighted by molar-refractivity contribution is -0.121. The van der Waals surface area contributed by atoms with Crippen LogP contribution in [0.4, 0.5) is 10.1 Å². The number of hydrogen-bond acceptors (Lipinski definition) is 4. The van der Waals surface area contributed by atoms with Gasteiger partial charge in [0.25, 0.3) is 0 Å². The Balaban J connectivity index is 1.98. The Labute approximate surface area is 178 Å². The lowest BCUT2D eigenvalue weighted by atomic mass is 10.1. The van der Waals surface area contributed by atoms with E-state index in [1.165, 1.54) is 25.1 Å². The van der Waals surface area contributed by atoms with Crippen molar-refractivity contribution in [3.05, 3.63) is 59.9 Å². The highest BCUT2D eigenvalue weighted by Crippen LogP contribution is 2.24. The molecule has 0 unspecified atom stereocenters. The van der Waals surface area contributed by atoms with Crippen molar-refractivity contribution in [3.8, 4) is 5.75 Å². The molecule has 164 valence electrons. The fourth-order valence-corrected chi connectivity index (χ4v) is 4.29. The van der Waals surface area contributed by atoms with Crippen LogP contribution in [0.15, 0.2) is 48.5 Å². The summed E-state index contributed by atoms with van der Waals surface area (Å²) in [6, 6.07) is 12.2. The minimum absolute atomic E-state index is 0.148. The van der Waals surface area contributed by atoms with Crippen molar-refractivity contribution in [2.24, 2.45) is 0 Å². The second-order valence-electron chi connectivity index (χ2n) is 7.04. The summed E-state index contributed by atoms with van der Waals surface area (Å²) in [5, 5.41) is 2.75. The van der Waals surface area contributed by atoms with E-state index in [0.29, 0.717) is 26.0 Å². The first-order valence-corrected chi connectivity index (χ1v) is 11.8. The Morgan fingerprint density at radius 1 is 1.17 bits per heavy atom. The molecule has 2 aromatic carbocycles. The van der Waals surface area contributed by atoms with Gasteiger partial charge in [-0.1, -0.05) is 37.3 Å². The van der Waals surface area contributed by atoms with Gasteiger partial charge in [0.1, 0.15) is 17.6 Å². The van der Waals surface area contributed by atoms with Gasteiger partial charge in [0, 0.05) is 6.54 Å². The van der Waals surface area contributed by atoms with E-state index in [-0.39, 0.29) is 5.69 Å². The van der Waals surface area contributed by atoms with Crippen LogP contribution in [-0.4, -0.2) is 39.8 Å². The van der Waals surface area contributed by atoms with Crippen molar-refractivity contribution < 1.29 is 22.3 Å². The number of ether oxygens (including phenoxy) is 1. The Hall–Kier alpha value is -2.61. The Kier molecular flexibility index (Phi) is 8.65. The molecule has 0 aromatic heterocycles. The summed E-state index contributed by atoms with van der Waals surface area (Å²) in [5.74, 6) is -0.354. The number of rotatable bonds is 11. The number of anilines is 1. The van der Waals surface area contributed by atoms with Crippen LogP contribution in [0.3, 0.4) is 0 Å². The zero-order chi connectivity index (χ0) is 22.1. The summed E-state index contributed by atoms with van der Waals surface area (Å²) in [7, 11) is -3.86. The van der Waals surface area contributed by atoms with E-state index in [1.807, 2.05) is 31.2 Å². The summed E-state index contributed by atoms with van der Waals surface area (Å²) in [6.45, 7) is 4.49. The number of nitrogens with one attached hydrogen (secondary N) is 1. The molecule has 30 heavy (non-hydrogen) atoms. The van der Waals surface area contributed by atoms with Gasteiger partial charge in [-0.25, -0.2) is 12.8 Å². The number of aryl methyl sites for hydroxylation is 1. The second-order valence-corrected chi connectivity index (χ2v) is 8.90. The van der Waals surface area contributed by atoms with Crippen LogP contribution in [0.2, 0.25) is 0 Å². The van der Waals surface area contributed by atoms with E-state index < -0.39 is 27.8 Å². The third-order valence-corrected chi connectivity index (χ3v) is 5.76. The molecule has 8 heteroatoms. The average molecular weight is 437 g/mol. The molecule has 0 aliphatic heterocycles. The quantitative estimate of drug-likeness (QED) is 0.547. The van der Waals surface area contributed by atoms with Gasteiger partial charge in [-0.15, -0.1) is 0 Å². The molecule has 6 nitrogen and oxygen atoms in total. The number of para-hydroxylation sites is 2. The van der Waals surface area contributed by atoms with Crippen LogP contribution < -0.4 is 14.4 Å². The number of halogens is 1. The van der Waals surface area contributed by atoms with Crippen LogP contribution in [0.5, 0.6) is 5.75 Å². The first-order valence-electron chi connectivity index (χ1n) is 9.98. The largest absolute Gasteiger partial charge is 0.493 e. The molecule has 2 rings (SSSR count). The summed E-state index contributed by atoms with van der Waals surface area (Å²) in [5.41, 5.74) is 0.905. The first kappa shape index (κ1) is 23.7. The molecule has 2 aromatic rings. The number of benzene rings is 2. The third kappa shape index (κ3) is 6.45. The van der Waals surface area contributed by atoms with Gasteiger partial charge in [-0.2, -0.15) is 0 Å². The van der Waals surface area contributed by atoms with E-state index in [1.54, 1.807) is 0 Å². The van der Waals surface area contributed by atoms with Crippen LogP contribution >= 0.6 is 0 Å². The van der Waals surface area contributed by atoms with Gasteiger partial charge in [0.15, 0.2) is 0 Å². The van der Waals surface area contributed by atoms with Gasteiger partial charge in [0.05, 0.1) is 18.6 Å². The lowest BCUT2D eigenvalue weighted by Gasteiger charge is -2.28. The van der Waals surface area contributed by atoms with Crippen LogP contribution in [0.25, 0.3) is 0 Å². The van der Waals surface area contributed by atoms with Gasteiger partial charge >= 0.3 is 0 Å². The van der Waals surface area contributed by atoms with Gasteiger partial charge < -0.3 is 10.1 Å². The monoisotopic (exact) mass is 436 g/mol. The van der Waals surface area contributed by atoms with E-state index in [4.69, 9.17) is 4.74 Å². The summed E-state index contributed by atoms with van der Waals surface area (Å²) >= 11 is 0. The van der Waals surface area contributed by atoms with Gasteiger partial charge in [-0.05, 0) is 49.9 Å². The molecule has 1 amide bonds. The number of carbonyl (C=O) groups is 1. The van der Waals surface area contributed by atoms with Crippen molar-refractivity contribution >= 4 is 21.6 Å². The minimum Gasteiger partial charge on any atom is -0.493 e. The van der Waals surface area contributed by atoms with Crippen LogP contribution in [0, 0.1) is 5.82 Å². The number of amides is 1. The second kappa shape index (κ2) is 11.0. The summed E-state index contributed by atoms with van der Waals surface area (Å²) < 4.78 is 45.2. The number of nitrogens with zero attached hydrogens (tertiary/aromatic N) is 1. The highest BCUT2D eigenvalue weighted by Gasteiger charge is 2.30. The van der Waals surface area contributed by atoms with Crippen molar-refractivity contribution in [1.29, 1.82) is 0 Å². The maximum absolute atomic E-state index is 14.2. The fraction of sp³-hybridized carbons (Fsp3) is 0.409. The zero-order valence-electron chi connectivity index (χ0n) is 17.6. The first-order chi connectivity index (χ1) is 14.3. The topological polar surface area (TPSA) is 75.7 Å². The summed E-state index contributed by atoms with van der Waals surface area (Å²) in [4.78, 5) is 12.6. The SMILES string of the molecule is CCCOc1ccccc1CCCNC(=O)[C@H](C)N(c1ccccc1F)S(C)(=O)=O. The average Bonchev–Trinajstić information content (AvgIpc) is 2.70. The molecule has 0 radical (unpaired) electrons. The van der Waals surface area contributed by atoms with E-state index in [9.17, 15) is 17.6 Å². The lowest BCUT2D eigenvalue weighted by Crippen LogP contribution is -2.48. The van der Waals surface area contributed by atoms with E-state index in [0.717, 1.165) is 34.4 Å². The van der Waals surface area contributed by atoms with Gasteiger partial charge in [-0.3, -0.25) is 9.10 Å². The molecule has 0 fully saturated rings. The van der Waals surface area contributed by atoms with E-state index in [2.05, 4.69) is 5.32 Å². The predicted octanol–water partition coefficient (Wildman–Crippen LogP) is 3.52. The molecular formula is C22H29FN2O4S. The van der Waals surface area contributed by atoms with Crippen molar-refractivity contribution in [1.82, 2.24) is 5.32 Å². The van der Waals surface area contributed by atoms with Gasteiger partial charge in [0.2, 0.25) is 15.9 Å². The minimum atomic E-state index is -3.86. The van der Waals surface area contributed by atoms with Crippen molar-refractivity contribution in [3.63, 3.8) is 0 Å². The summed E-state index contributed by atoms with van der Waals surface area (Å²) in [6.07, 6.45) is 3.23. The zero-order valence-corrected chi connectivity index (χ0v) is 18.4. The maximum atomic E-state index is 14.2. The molecular weight excluding hydrogens is 407 g/mol. The number of sulfonamides is 1. The molecule has 0 spiro atoms. The van der Waals surface area contributed by atoms with Crippen LogP contribution in [-0.2, 0) is 21.2 Å². The highest BCUT2D eigenvalue weighted by atomic mass is 32.2. The molecule has 0 saturated carbocycles. The normalized spacial score (nSPS) is 12.3. The molecule has 1 N–H and O–H groups in total. The Bertz CT molecular complexity index is 950. The van der Waals surface area contributed by atoms with Crippen molar-refractivity contribution in [2.45, 2.75) is 39.2 Å². The predicted molar refractivity (Wildman–Crippen MR) is 117 cm³/mol. The maximum Gasteiger partial charge on any atom is 0.243 e. The highest BCUT2D eigenvalue weighted by molar-refractivity contribution is 7.92. The standard InChI is InChI=1S/C22H29FN2O4S/c1-4-16-29-21-14-8-5-10-18(21)11-9-15-24-22(26)17(2)25(30(3,27)28)20-13-7-6-12-19(20)23/h5-8,10,12-14,17H,4,9,11,15-16H2,1-3H3,(H,24,26)/t17-/m0/s1. The fourth-order valence-electron chi connectivity index (χ4n) is 3.11. The molecule has 0 aliphatic rings. The Morgan fingerprint density at radius 2 is 1.83 bits per heavy atom. The van der Waals surface area contributed by atoms with Crippen LogP contribution in [0.1, 0.15) is 32.3 Å². The molecule has 0 heterocycles.